The van der Waals surface area contributed by atoms with Crippen molar-refractivity contribution in [1.29, 1.82) is 0 Å². The maximum atomic E-state index is 11.4. The molecule has 1 aliphatic rings. The van der Waals surface area contributed by atoms with E-state index in [0.29, 0.717) is 12.8 Å². The first-order valence-electron chi connectivity index (χ1n) is 4.75. The Morgan fingerprint density at radius 2 is 2.00 bits per heavy atom. The van der Waals surface area contributed by atoms with Gasteiger partial charge in [-0.25, -0.2) is 8.42 Å². The molecule has 14 heavy (non-hydrogen) atoms. The molecule has 1 rings (SSSR count). The van der Waals surface area contributed by atoms with Crippen LogP contribution in [0.25, 0.3) is 0 Å². The van der Waals surface area contributed by atoms with Gasteiger partial charge in [0.25, 0.3) is 0 Å². The fourth-order valence-electron chi connectivity index (χ4n) is 2.24. The summed E-state index contributed by atoms with van der Waals surface area (Å²) in [6.07, 6.45) is 3.34. The van der Waals surface area contributed by atoms with Gasteiger partial charge < -0.3 is 5.11 Å². The Morgan fingerprint density at radius 3 is 2.43 bits per heavy atom. The maximum absolute atomic E-state index is 11.4. The lowest BCUT2D eigenvalue weighted by Gasteiger charge is -2.21. The van der Waals surface area contributed by atoms with Crippen LogP contribution in [0, 0.1) is 11.8 Å². The fourth-order valence-corrected chi connectivity index (χ4v) is 3.84. The Kier molecular flexibility index (Phi) is 3.19. The van der Waals surface area contributed by atoms with Crippen LogP contribution in [0.5, 0.6) is 0 Å². The number of carboxylic acids is 1. The SMILES string of the molecule is CC(C(=O)O)C1CCCC1S(C)(=O)=O. The Hall–Kier alpha value is -0.580. The van der Waals surface area contributed by atoms with Gasteiger partial charge in [0.1, 0.15) is 0 Å². The first-order chi connectivity index (χ1) is 6.34. The largest absolute Gasteiger partial charge is 0.481 e. The van der Waals surface area contributed by atoms with Crippen LogP contribution >= 0.6 is 0 Å². The first kappa shape index (κ1) is 11.5. The molecule has 4 nitrogen and oxygen atoms in total. The molecule has 82 valence electrons. The summed E-state index contributed by atoms with van der Waals surface area (Å²) >= 11 is 0. The Morgan fingerprint density at radius 1 is 1.43 bits per heavy atom. The van der Waals surface area contributed by atoms with Crippen molar-refractivity contribution in [3.8, 4) is 0 Å². The second-order valence-corrected chi connectivity index (χ2v) is 6.35. The van der Waals surface area contributed by atoms with Crippen molar-refractivity contribution in [3.05, 3.63) is 0 Å². The summed E-state index contributed by atoms with van der Waals surface area (Å²) in [5, 5.41) is 8.38. The van der Waals surface area contributed by atoms with Gasteiger partial charge in [-0.2, -0.15) is 0 Å². The van der Waals surface area contributed by atoms with E-state index in [-0.39, 0.29) is 5.92 Å². The monoisotopic (exact) mass is 220 g/mol. The molecule has 3 atom stereocenters. The molecule has 0 spiro atoms. The maximum Gasteiger partial charge on any atom is 0.306 e. The summed E-state index contributed by atoms with van der Waals surface area (Å²) in [5.41, 5.74) is 0. The predicted molar refractivity (Wildman–Crippen MR) is 52.8 cm³/mol. The minimum atomic E-state index is -3.09. The number of carbonyl (C=O) groups is 1. The lowest BCUT2D eigenvalue weighted by atomic mass is 9.92. The molecule has 1 aliphatic carbocycles. The van der Waals surface area contributed by atoms with Crippen LogP contribution in [-0.2, 0) is 14.6 Å². The van der Waals surface area contributed by atoms with Gasteiger partial charge in [-0.15, -0.1) is 0 Å². The summed E-state index contributed by atoms with van der Waals surface area (Å²) in [5.74, 6) is -1.66. The van der Waals surface area contributed by atoms with Crippen molar-refractivity contribution < 1.29 is 18.3 Å². The molecule has 3 unspecified atom stereocenters. The van der Waals surface area contributed by atoms with Crippen LogP contribution in [0.2, 0.25) is 0 Å². The quantitative estimate of drug-likeness (QED) is 0.767. The average Bonchev–Trinajstić information content (AvgIpc) is 2.48. The van der Waals surface area contributed by atoms with E-state index in [2.05, 4.69) is 0 Å². The molecule has 0 saturated heterocycles. The van der Waals surface area contributed by atoms with Gasteiger partial charge in [-0.05, 0) is 18.8 Å². The summed E-state index contributed by atoms with van der Waals surface area (Å²) in [6.45, 7) is 1.59. The average molecular weight is 220 g/mol. The minimum absolute atomic E-state index is 0.206. The molecule has 1 fully saturated rings. The van der Waals surface area contributed by atoms with Crippen LogP contribution in [0.4, 0.5) is 0 Å². The van der Waals surface area contributed by atoms with E-state index in [4.69, 9.17) is 5.11 Å². The van der Waals surface area contributed by atoms with Gasteiger partial charge in [-0.3, -0.25) is 4.79 Å². The van der Waals surface area contributed by atoms with Crippen LogP contribution in [-0.4, -0.2) is 31.0 Å². The minimum Gasteiger partial charge on any atom is -0.481 e. The summed E-state index contributed by atoms with van der Waals surface area (Å²) in [4.78, 5) is 10.8. The lowest BCUT2D eigenvalue weighted by molar-refractivity contribution is -0.142. The molecule has 0 radical (unpaired) electrons. The van der Waals surface area contributed by atoms with Crippen molar-refractivity contribution >= 4 is 15.8 Å². The highest BCUT2D eigenvalue weighted by Crippen LogP contribution is 2.35. The van der Waals surface area contributed by atoms with E-state index >= 15 is 0 Å². The Balaban J connectivity index is 2.84. The number of rotatable bonds is 3. The molecule has 0 aromatic carbocycles. The van der Waals surface area contributed by atoms with Crippen molar-refractivity contribution in [2.45, 2.75) is 31.4 Å². The molecule has 1 saturated carbocycles. The number of sulfone groups is 1. The van der Waals surface area contributed by atoms with Crippen LogP contribution in [0.3, 0.4) is 0 Å². The van der Waals surface area contributed by atoms with E-state index in [1.54, 1.807) is 6.92 Å². The van der Waals surface area contributed by atoms with Gasteiger partial charge >= 0.3 is 5.97 Å². The van der Waals surface area contributed by atoms with E-state index in [1.807, 2.05) is 0 Å². The van der Waals surface area contributed by atoms with E-state index in [9.17, 15) is 13.2 Å². The topological polar surface area (TPSA) is 71.4 Å². The van der Waals surface area contributed by atoms with Crippen molar-refractivity contribution in [3.63, 3.8) is 0 Å². The van der Waals surface area contributed by atoms with Crippen molar-refractivity contribution in [1.82, 2.24) is 0 Å². The van der Waals surface area contributed by atoms with E-state index in [0.717, 1.165) is 6.42 Å². The molecule has 0 heterocycles. The second-order valence-electron chi connectivity index (χ2n) is 4.09. The molecule has 0 aromatic rings. The Bertz CT molecular complexity index is 320. The number of hydrogen-bond acceptors (Lipinski definition) is 3. The van der Waals surface area contributed by atoms with Crippen molar-refractivity contribution in [2.24, 2.45) is 11.8 Å². The van der Waals surface area contributed by atoms with Gasteiger partial charge in [0.05, 0.1) is 11.2 Å². The van der Waals surface area contributed by atoms with Gasteiger partial charge in [0.2, 0.25) is 0 Å². The summed E-state index contributed by atoms with van der Waals surface area (Å²) in [7, 11) is -3.09. The van der Waals surface area contributed by atoms with Gasteiger partial charge in [0, 0.05) is 6.26 Å². The zero-order valence-electron chi connectivity index (χ0n) is 8.43. The number of carboxylic acid groups (broad SMARTS) is 1. The zero-order valence-corrected chi connectivity index (χ0v) is 9.25. The van der Waals surface area contributed by atoms with Crippen molar-refractivity contribution in [2.75, 3.05) is 6.26 Å². The third-order valence-electron chi connectivity index (χ3n) is 3.09. The summed E-state index contributed by atoms with van der Waals surface area (Å²) < 4.78 is 22.8. The highest BCUT2D eigenvalue weighted by Gasteiger charge is 2.40. The van der Waals surface area contributed by atoms with Gasteiger partial charge in [-0.1, -0.05) is 13.3 Å². The normalized spacial score (nSPS) is 30.1. The smallest absolute Gasteiger partial charge is 0.306 e. The Labute approximate surface area is 84.2 Å². The molecule has 5 heteroatoms. The molecular weight excluding hydrogens is 204 g/mol. The molecule has 0 bridgehead atoms. The third-order valence-corrected chi connectivity index (χ3v) is 4.77. The highest BCUT2D eigenvalue weighted by atomic mass is 32.2. The highest BCUT2D eigenvalue weighted by molar-refractivity contribution is 7.91. The molecular formula is C9H16O4S. The lowest BCUT2D eigenvalue weighted by Crippen LogP contribution is -2.32. The third kappa shape index (κ3) is 2.26. The predicted octanol–water partition coefficient (Wildman–Crippen LogP) is 0.920. The summed E-state index contributed by atoms with van der Waals surface area (Å²) in [6, 6.07) is 0. The first-order valence-corrected chi connectivity index (χ1v) is 6.71. The van der Waals surface area contributed by atoms with E-state index in [1.165, 1.54) is 6.26 Å². The molecule has 0 aromatic heterocycles. The fraction of sp³-hybridized carbons (Fsp3) is 0.889. The zero-order chi connectivity index (χ0) is 10.9. The second kappa shape index (κ2) is 3.88. The van der Waals surface area contributed by atoms with Crippen LogP contribution in [0.1, 0.15) is 26.2 Å². The van der Waals surface area contributed by atoms with E-state index < -0.39 is 27.0 Å². The van der Waals surface area contributed by atoms with Gasteiger partial charge in [0.15, 0.2) is 9.84 Å². The molecule has 1 N–H and O–H groups in total. The molecule has 0 amide bonds. The number of aliphatic carboxylic acids is 1. The van der Waals surface area contributed by atoms with Crippen LogP contribution < -0.4 is 0 Å². The molecule has 0 aliphatic heterocycles. The van der Waals surface area contributed by atoms with Crippen LogP contribution in [0.15, 0.2) is 0 Å². The number of hydrogen-bond donors (Lipinski definition) is 1. The standard InChI is InChI=1S/C9H16O4S/c1-6(9(10)11)7-4-3-5-8(7)14(2,12)13/h6-8H,3-5H2,1-2H3,(H,10,11).